The van der Waals surface area contributed by atoms with Crippen LogP contribution in [0.15, 0.2) is 29.3 Å². The molecule has 18 heavy (non-hydrogen) atoms. The molecular weight excluding hydrogens is 228 g/mol. The highest BCUT2D eigenvalue weighted by Crippen LogP contribution is 2.10. The van der Waals surface area contributed by atoms with E-state index in [9.17, 15) is 4.79 Å². The first-order valence-corrected chi connectivity index (χ1v) is 5.98. The summed E-state index contributed by atoms with van der Waals surface area (Å²) in [6.45, 7) is 5.95. The Hall–Kier alpha value is -2.04. The van der Waals surface area contributed by atoms with Crippen molar-refractivity contribution in [2.24, 2.45) is 7.05 Å². The van der Waals surface area contributed by atoms with Crippen LogP contribution in [0, 0.1) is 6.92 Å². The molecule has 0 aliphatic carbocycles. The molecule has 2 rings (SSSR count). The van der Waals surface area contributed by atoms with Crippen LogP contribution in [0.25, 0.3) is 5.82 Å². The zero-order valence-corrected chi connectivity index (χ0v) is 11.1. The fraction of sp³-hybridized carbons (Fsp3) is 0.385. The van der Waals surface area contributed by atoms with Crippen molar-refractivity contribution in [2.75, 3.05) is 5.32 Å². The second-order valence-corrected chi connectivity index (χ2v) is 4.71. The predicted molar refractivity (Wildman–Crippen MR) is 72.3 cm³/mol. The Labute approximate surface area is 106 Å². The summed E-state index contributed by atoms with van der Waals surface area (Å²) < 4.78 is 3.28. The van der Waals surface area contributed by atoms with Crippen molar-refractivity contribution in [3.63, 3.8) is 0 Å². The molecule has 0 radical (unpaired) electrons. The van der Waals surface area contributed by atoms with Crippen LogP contribution in [-0.4, -0.2) is 20.4 Å². The number of pyridine rings is 1. The largest absolute Gasteiger partial charge is 0.378 e. The molecule has 96 valence electrons. The minimum absolute atomic E-state index is 0.0759. The van der Waals surface area contributed by atoms with Crippen LogP contribution in [0.2, 0.25) is 0 Å². The SMILES string of the molecule is Cc1cn(C)nc1-n1cccc(NC(C)C)c1=O. The normalized spacial score (nSPS) is 10.9. The van der Waals surface area contributed by atoms with E-state index in [1.54, 1.807) is 21.5 Å². The standard InChI is InChI=1S/C13H18N4O/c1-9(2)14-11-6-5-7-17(13(11)18)12-10(3)8-16(4)15-12/h5-9,14H,1-4H3. The van der Waals surface area contributed by atoms with Gasteiger partial charge in [0.05, 0.1) is 0 Å². The third-order valence-electron chi connectivity index (χ3n) is 2.61. The maximum atomic E-state index is 12.3. The van der Waals surface area contributed by atoms with E-state index in [2.05, 4.69) is 10.4 Å². The average molecular weight is 246 g/mol. The maximum Gasteiger partial charge on any atom is 0.279 e. The van der Waals surface area contributed by atoms with Gasteiger partial charge in [0, 0.05) is 31.0 Å². The molecule has 2 aromatic rings. The molecule has 2 aromatic heterocycles. The van der Waals surface area contributed by atoms with E-state index in [1.807, 2.05) is 40.1 Å². The van der Waals surface area contributed by atoms with E-state index >= 15 is 0 Å². The Kier molecular flexibility index (Phi) is 3.23. The Morgan fingerprint density at radius 1 is 1.39 bits per heavy atom. The average Bonchev–Trinajstić information content (AvgIpc) is 2.60. The summed E-state index contributed by atoms with van der Waals surface area (Å²) in [5.41, 5.74) is 1.49. The third kappa shape index (κ3) is 2.30. The number of hydrogen-bond donors (Lipinski definition) is 1. The summed E-state index contributed by atoms with van der Waals surface area (Å²) >= 11 is 0. The van der Waals surface area contributed by atoms with Crippen LogP contribution in [-0.2, 0) is 7.05 Å². The Morgan fingerprint density at radius 3 is 2.67 bits per heavy atom. The van der Waals surface area contributed by atoms with Crippen LogP contribution in [0.1, 0.15) is 19.4 Å². The van der Waals surface area contributed by atoms with Gasteiger partial charge in [-0.25, -0.2) is 0 Å². The molecule has 0 aromatic carbocycles. The number of nitrogens with one attached hydrogen (secondary N) is 1. The summed E-state index contributed by atoms with van der Waals surface area (Å²) in [6.07, 6.45) is 3.63. The molecule has 5 nitrogen and oxygen atoms in total. The van der Waals surface area contributed by atoms with Crippen molar-refractivity contribution in [1.29, 1.82) is 0 Å². The number of anilines is 1. The molecule has 5 heteroatoms. The van der Waals surface area contributed by atoms with Gasteiger partial charge in [-0.1, -0.05) is 0 Å². The van der Waals surface area contributed by atoms with Gasteiger partial charge in [-0.05, 0) is 32.9 Å². The van der Waals surface area contributed by atoms with E-state index in [1.165, 1.54) is 0 Å². The molecule has 0 saturated heterocycles. The molecular formula is C13H18N4O. The molecule has 0 saturated carbocycles. The first-order valence-electron chi connectivity index (χ1n) is 5.98. The van der Waals surface area contributed by atoms with E-state index in [-0.39, 0.29) is 11.6 Å². The maximum absolute atomic E-state index is 12.3. The fourth-order valence-corrected chi connectivity index (χ4v) is 1.92. The highest BCUT2D eigenvalue weighted by Gasteiger charge is 2.10. The van der Waals surface area contributed by atoms with Gasteiger partial charge in [0.25, 0.3) is 5.56 Å². The highest BCUT2D eigenvalue weighted by atomic mass is 16.1. The molecule has 0 spiro atoms. The van der Waals surface area contributed by atoms with Crippen molar-refractivity contribution in [2.45, 2.75) is 26.8 Å². The summed E-state index contributed by atoms with van der Waals surface area (Å²) in [5, 5.41) is 7.45. The van der Waals surface area contributed by atoms with E-state index in [0.717, 1.165) is 5.56 Å². The van der Waals surface area contributed by atoms with Gasteiger partial charge in [0.1, 0.15) is 5.69 Å². The van der Waals surface area contributed by atoms with Crippen LogP contribution in [0.5, 0.6) is 0 Å². The fourth-order valence-electron chi connectivity index (χ4n) is 1.92. The van der Waals surface area contributed by atoms with Crippen molar-refractivity contribution < 1.29 is 0 Å². The first-order chi connectivity index (χ1) is 8.49. The predicted octanol–water partition coefficient (Wildman–Crippen LogP) is 1.70. The van der Waals surface area contributed by atoms with Crippen LogP contribution < -0.4 is 10.9 Å². The van der Waals surface area contributed by atoms with Crippen molar-refractivity contribution in [3.05, 3.63) is 40.4 Å². The minimum atomic E-state index is -0.0759. The number of nitrogens with zero attached hydrogens (tertiary/aromatic N) is 3. The van der Waals surface area contributed by atoms with Gasteiger partial charge in [0.15, 0.2) is 5.82 Å². The van der Waals surface area contributed by atoms with Crippen LogP contribution in [0.4, 0.5) is 5.69 Å². The third-order valence-corrected chi connectivity index (χ3v) is 2.61. The summed E-state index contributed by atoms with van der Waals surface area (Å²) in [5.74, 6) is 0.676. The lowest BCUT2D eigenvalue weighted by molar-refractivity contribution is 0.746. The van der Waals surface area contributed by atoms with Crippen molar-refractivity contribution in [1.82, 2.24) is 14.3 Å². The minimum Gasteiger partial charge on any atom is -0.378 e. The molecule has 0 fully saturated rings. The lowest BCUT2D eigenvalue weighted by Crippen LogP contribution is -2.24. The van der Waals surface area contributed by atoms with Crippen molar-refractivity contribution >= 4 is 5.69 Å². The lowest BCUT2D eigenvalue weighted by Gasteiger charge is -2.11. The summed E-state index contributed by atoms with van der Waals surface area (Å²) in [6, 6.07) is 3.86. The topological polar surface area (TPSA) is 51.9 Å². The first kappa shape index (κ1) is 12.4. The second-order valence-electron chi connectivity index (χ2n) is 4.71. The Bertz CT molecular complexity index is 610. The molecule has 0 amide bonds. The van der Waals surface area contributed by atoms with Crippen LogP contribution >= 0.6 is 0 Å². The van der Waals surface area contributed by atoms with Gasteiger partial charge in [0.2, 0.25) is 0 Å². The molecule has 0 unspecified atom stereocenters. The Morgan fingerprint density at radius 2 is 2.11 bits per heavy atom. The number of aromatic nitrogens is 3. The monoisotopic (exact) mass is 246 g/mol. The quantitative estimate of drug-likeness (QED) is 0.896. The van der Waals surface area contributed by atoms with E-state index in [0.29, 0.717) is 11.5 Å². The molecule has 0 bridgehead atoms. The van der Waals surface area contributed by atoms with E-state index in [4.69, 9.17) is 0 Å². The second kappa shape index (κ2) is 4.68. The highest BCUT2D eigenvalue weighted by molar-refractivity contribution is 5.44. The van der Waals surface area contributed by atoms with Gasteiger partial charge < -0.3 is 5.32 Å². The Balaban J connectivity index is 2.53. The van der Waals surface area contributed by atoms with Gasteiger partial charge in [-0.3, -0.25) is 14.0 Å². The number of hydrogen-bond acceptors (Lipinski definition) is 3. The van der Waals surface area contributed by atoms with E-state index < -0.39 is 0 Å². The summed E-state index contributed by atoms with van der Waals surface area (Å²) in [7, 11) is 1.84. The number of aryl methyl sites for hydroxylation is 2. The zero-order valence-electron chi connectivity index (χ0n) is 11.1. The molecule has 0 aliphatic rings. The number of rotatable bonds is 3. The molecule has 1 N–H and O–H groups in total. The van der Waals surface area contributed by atoms with Gasteiger partial charge >= 0.3 is 0 Å². The van der Waals surface area contributed by atoms with Crippen molar-refractivity contribution in [3.8, 4) is 5.82 Å². The zero-order chi connectivity index (χ0) is 13.3. The van der Waals surface area contributed by atoms with Crippen LogP contribution in [0.3, 0.4) is 0 Å². The van der Waals surface area contributed by atoms with Gasteiger partial charge in [-0.15, -0.1) is 0 Å². The molecule has 0 atom stereocenters. The molecule has 0 aliphatic heterocycles. The lowest BCUT2D eigenvalue weighted by atomic mass is 10.3. The summed E-state index contributed by atoms with van der Waals surface area (Å²) in [4.78, 5) is 12.3. The molecule has 2 heterocycles. The smallest absolute Gasteiger partial charge is 0.279 e. The van der Waals surface area contributed by atoms with Gasteiger partial charge in [-0.2, -0.15) is 5.10 Å².